The van der Waals surface area contributed by atoms with Crippen molar-refractivity contribution in [2.75, 3.05) is 5.75 Å². The summed E-state index contributed by atoms with van der Waals surface area (Å²) in [7, 11) is 0. The van der Waals surface area contributed by atoms with Gasteiger partial charge in [-0.3, -0.25) is 0 Å². The molecule has 75 valence electrons. The Hall–Kier alpha value is -1.35. The molecule has 3 heteroatoms. The summed E-state index contributed by atoms with van der Waals surface area (Å²) in [6.45, 7) is 0. The van der Waals surface area contributed by atoms with Crippen LogP contribution in [0.3, 0.4) is 0 Å². The van der Waals surface area contributed by atoms with Gasteiger partial charge in [-0.1, -0.05) is 30.3 Å². The van der Waals surface area contributed by atoms with Gasteiger partial charge in [-0.25, -0.2) is 9.97 Å². The summed E-state index contributed by atoms with van der Waals surface area (Å²) in [5.41, 5.74) is 1.36. The molecule has 0 amide bonds. The number of hydrogen-bond acceptors (Lipinski definition) is 3. The second kappa shape index (κ2) is 5.51. The predicted octanol–water partition coefficient (Wildman–Crippen LogP) is 2.61. The van der Waals surface area contributed by atoms with Crippen LogP contribution in [0, 0.1) is 6.20 Å². The van der Waals surface area contributed by atoms with Crippen molar-refractivity contribution in [2.24, 2.45) is 0 Å². The van der Waals surface area contributed by atoms with Gasteiger partial charge in [0.25, 0.3) is 0 Å². The second-order valence-corrected chi connectivity index (χ2v) is 4.18. The van der Waals surface area contributed by atoms with Gasteiger partial charge < -0.3 is 0 Å². The van der Waals surface area contributed by atoms with Gasteiger partial charge in [0.05, 0.1) is 6.20 Å². The van der Waals surface area contributed by atoms with Crippen LogP contribution < -0.4 is 0 Å². The molecule has 0 N–H and O–H groups in total. The number of aryl methyl sites for hydroxylation is 1. The normalized spacial score (nSPS) is 10.1. The van der Waals surface area contributed by atoms with Crippen molar-refractivity contribution in [1.29, 1.82) is 0 Å². The molecule has 0 bridgehead atoms. The molecule has 1 aromatic heterocycles. The third-order valence-electron chi connectivity index (χ3n) is 1.99. The quantitative estimate of drug-likeness (QED) is 0.579. The first-order chi connectivity index (χ1) is 7.45. The Morgan fingerprint density at radius 2 is 2.07 bits per heavy atom. The maximum atomic E-state index is 4.13. The molecule has 2 rings (SSSR count). The molecule has 0 saturated heterocycles. The minimum absolute atomic E-state index is 0.987. The summed E-state index contributed by atoms with van der Waals surface area (Å²) in [5.74, 6) is 1.04. The van der Waals surface area contributed by atoms with Crippen molar-refractivity contribution in [1.82, 2.24) is 9.97 Å². The molecule has 1 radical (unpaired) electrons. The minimum atomic E-state index is 0.987. The second-order valence-electron chi connectivity index (χ2n) is 3.07. The maximum absolute atomic E-state index is 4.13. The maximum Gasteiger partial charge on any atom is 0.117 e. The summed E-state index contributed by atoms with van der Waals surface area (Å²) >= 11 is 1.73. The van der Waals surface area contributed by atoms with Crippen molar-refractivity contribution in [2.45, 2.75) is 11.4 Å². The van der Waals surface area contributed by atoms with E-state index in [9.17, 15) is 0 Å². The van der Waals surface area contributed by atoms with E-state index in [0.717, 1.165) is 17.2 Å². The van der Waals surface area contributed by atoms with E-state index in [2.05, 4.69) is 40.4 Å². The van der Waals surface area contributed by atoms with Crippen LogP contribution in [0.1, 0.15) is 5.56 Å². The van der Waals surface area contributed by atoms with Crippen LogP contribution in [0.25, 0.3) is 0 Å². The summed E-state index contributed by atoms with van der Waals surface area (Å²) in [6.07, 6.45) is 5.37. The molecule has 0 aliphatic heterocycles. The highest BCUT2D eigenvalue weighted by Gasteiger charge is 1.95. The molecule has 0 aliphatic carbocycles. The van der Waals surface area contributed by atoms with Crippen LogP contribution in [0.4, 0.5) is 0 Å². The van der Waals surface area contributed by atoms with Crippen molar-refractivity contribution < 1.29 is 0 Å². The van der Waals surface area contributed by atoms with Gasteiger partial charge in [0.15, 0.2) is 0 Å². The van der Waals surface area contributed by atoms with E-state index in [4.69, 9.17) is 0 Å². The number of aromatic nitrogens is 2. The lowest BCUT2D eigenvalue weighted by molar-refractivity contribution is 1.04. The van der Waals surface area contributed by atoms with Crippen LogP contribution >= 0.6 is 11.8 Å². The molecule has 0 aliphatic rings. The highest BCUT2D eigenvalue weighted by Crippen LogP contribution is 2.14. The smallest absolute Gasteiger partial charge is 0.117 e. The van der Waals surface area contributed by atoms with Crippen molar-refractivity contribution in [3.8, 4) is 0 Å². The van der Waals surface area contributed by atoms with E-state index < -0.39 is 0 Å². The first kappa shape index (κ1) is 10.2. The lowest BCUT2D eigenvalue weighted by Gasteiger charge is -2.00. The van der Waals surface area contributed by atoms with Crippen molar-refractivity contribution in [3.63, 3.8) is 0 Å². The molecule has 2 aromatic rings. The first-order valence-electron chi connectivity index (χ1n) is 4.80. The largest absolute Gasteiger partial charge is 0.235 e. The zero-order valence-corrected chi connectivity index (χ0v) is 9.07. The Bertz CT molecular complexity index is 349. The number of hydrogen-bond donors (Lipinski definition) is 0. The third kappa shape index (κ3) is 3.36. The van der Waals surface area contributed by atoms with Crippen LogP contribution in [0.5, 0.6) is 0 Å². The molecule has 0 unspecified atom stereocenters. The van der Waals surface area contributed by atoms with Crippen molar-refractivity contribution >= 4 is 11.8 Å². The summed E-state index contributed by atoms with van der Waals surface area (Å²) < 4.78 is 0. The molecular formula is C12H11N2S. The van der Waals surface area contributed by atoms with E-state index in [1.807, 2.05) is 12.1 Å². The molecule has 15 heavy (non-hydrogen) atoms. The highest BCUT2D eigenvalue weighted by atomic mass is 32.2. The molecule has 1 aromatic carbocycles. The van der Waals surface area contributed by atoms with E-state index in [0.29, 0.717) is 0 Å². The van der Waals surface area contributed by atoms with Gasteiger partial charge in [-0.2, -0.15) is 0 Å². The molecule has 1 heterocycles. The predicted molar refractivity (Wildman–Crippen MR) is 61.7 cm³/mol. The van der Waals surface area contributed by atoms with Gasteiger partial charge in [-0.05, 0) is 18.1 Å². The zero-order chi connectivity index (χ0) is 10.3. The SMILES string of the molecule is [c]1cc(SCCc2ccccc2)ncn1. The lowest BCUT2D eigenvalue weighted by atomic mass is 10.2. The van der Waals surface area contributed by atoms with Crippen LogP contribution in [-0.4, -0.2) is 15.7 Å². The van der Waals surface area contributed by atoms with Crippen LogP contribution in [-0.2, 0) is 6.42 Å². The molecule has 0 fully saturated rings. The molecular weight excluding hydrogens is 204 g/mol. The monoisotopic (exact) mass is 215 g/mol. The minimum Gasteiger partial charge on any atom is -0.235 e. The van der Waals surface area contributed by atoms with Gasteiger partial charge in [0, 0.05) is 5.75 Å². The molecule has 2 nitrogen and oxygen atoms in total. The first-order valence-corrected chi connectivity index (χ1v) is 5.78. The molecule has 0 atom stereocenters. The zero-order valence-electron chi connectivity index (χ0n) is 8.26. The third-order valence-corrected chi connectivity index (χ3v) is 2.92. The fourth-order valence-electron chi connectivity index (χ4n) is 1.25. The van der Waals surface area contributed by atoms with E-state index in [1.54, 1.807) is 11.8 Å². The summed E-state index contributed by atoms with van der Waals surface area (Å²) in [6, 6.07) is 12.3. The van der Waals surface area contributed by atoms with Crippen molar-refractivity contribution in [3.05, 3.63) is 54.5 Å². The summed E-state index contributed by atoms with van der Waals surface area (Å²) in [4.78, 5) is 7.89. The summed E-state index contributed by atoms with van der Waals surface area (Å²) in [5, 5.41) is 0.987. The Morgan fingerprint density at radius 1 is 1.20 bits per heavy atom. The Kier molecular flexibility index (Phi) is 3.74. The van der Waals surface area contributed by atoms with Gasteiger partial charge in [0.1, 0.15) is 11.4 Å². The Balaban J connectivity index is 1.81. The average molecular weight is 215 g/mol. The van der Waals surface area contributed by atoms with Gasteiger partial charge in [-0.15, -0.1) is 11.8 Å². The number of rotatable bonds is 4. The van der Waals surface area contributed by atoms with E-state index in [1.165, 1.54) is 11.9 Å². The standard InChI is InChI=1S/C12H11N2S/c1-2-4-11(5-3-1)7-9-15-12-6-8-13-10-14-12/h1-6,10H,7,9H2. The molecule has 0 spiro atoms. The number of nitrogens with zero attached hydrogens (tertiary/aromatic N) is 2. The fourth-order valence-corrected chi connectivity index (χ4v) is 2.05. The Labute approximate surface area is 93.8 Å². The topological polar surface area (TPSA) is 25.8 Å². The lowest BCUT2D eigenvalue weighted by Crippen LogP contribution is -1.89. The fraction of sp³-hybridized carbons (Fsp3) is 0.167. The van der Waals surface area contributed by atoms with E-state index in [-0.39, 0.29) is 0 Å². The highest BCUT2D eigenvalue weighted by molar-refractivity contribution is 7.99. The number of thioether (sulfide) groups is 1. The average Bonchev–Trinajstić information content (AvgIpc) is 2.32. The van der Waals surface area contributed by atoms with Crippen LogP contribution in [0.2, 0.25) is 0 Å². The van der Waals surface area contributed by atoms with E-state index >= 15 is 0 Å². The van der Waals surface area contributed by atoms with Gasteiger partial charge in [0.2, 0.25) is 0 Å². The van der Waals surface area contributed by atoms with Crippen LogP contribution in [0.15, 0.2) is 47.8 Å². The Morgan fingerprint density at radius 3 is 2.80 bits per heavy atom. The number of benzene rings is 1. The molecule has 0 saturated carbocycles. The van der Waals surface area contributed by atoms with Gasteiger partial charge >= 0.3 is 0 Å².